The van der Waals surface area contributed by atoms with Crippen molar-refractivity contribution in [2.24, 2.45) is 10.8 Å². The maximum atomic E-state index is 11.6. The lowest BCUT2D eigenvalue weighted by molar-refractivity contribution is 0.0649. The maximum Gasteiger partial charge on any atom is 0.314 e. The number of urea groups is 1. The highest BCUT2D eigenvalue weighted by Crippen LogP contribution is 2.48. The lowest BCUT2D eigenvalue weighted by Gasteiger charge is -2.26. The molecule has 4 heteroatoms. The molecule has 0 aromatic carbocycles. The van der Waals surface area contributed by atoms with Gasteiger partial charge in [0.05, 0.1) is 6.10 Å². The second-order valence-electron chi connectivity index (χ2n) is 6.70. The van der Waals surface area contributed by atoms with Crippen LogP contribution >= 0.6 is 0 Å². The zero-order valence-electron chi connectivity index (χ0n) is 12.2. The topological polar surface area (TPSA) is 61.4 Å². The van der Waals surface area contributed by atoms with E-state index < -0.39 is 6.10 Å². The normalized spacial score (nSPS) is 19.2. The zero-order chi connectivity index (χ0) is 13.8. The molecule has 2 amide bonds. The van der Waals surface area contributed by atoms with Gasteiger partial charge in [0.1, 0.15) is 0 Å². The lowest BCUT2D eigenvalue weighted by atomic mass is 9.89. The molecule has 1 unspecified atom stereocenters. The Kier molecular flexibility index (Phi) is 5.02. The number of aliphatic hydroxyl groups excluding tert-OH is 1. The average molecular weight is 256 g/mol. The molecule has 0 aliphatic heterocycles. The molecule has 1 rings (SSSR count). The van der Waals surface area contributed by atoms with Gasteiger partial charge in [-0.2, -0.15) is 0 Å². The summed E-state index contributed by atoms with van der Waals surface area (Å²) >= 11 is 0. The summed E-state index contributed by atoms with van der Waals surface area (Å²) in [6.07, 6.45) is 4.30. The van der Waals surface area contributed by atoms with Gasteiger partial charge in [0, 0.05) is 13.1 Å². The second-order valence-corrected chi connectivity index (χ2v) is 6.70. The van der Waals surface area contributed by atoms with E-state index in [9.17, 15) is 9.90 Å². The number of hydrogen-bond donors (Lipinski definition) is 3. The molecule has 106 valence electrons. The van der Waals surface area contributed by atoms with Crippen LogP contribution < -0.4 is 10.6 Å². The van der Waals surface area contributed by atoms with Crippen molar-refractivity contribution < 1.29 is 9.90 Å². The Hall–Kier alpha value is -0.770. The third-order valence-corrected chi connectivity index (χ3v) is 3.82. The molecule has 1 saturated carbocycles. The van der Waals surface area contributed by atoms with Crippen molar-refractivity contribution in [2.75, 3.05) is 13.1 Å². The summed E-state index contributed by atoms with van der Waals surface area (Å²) in [7, 11) is 0. The average Bonchev–Trinajstić information content (AvgIpc) is 3.03. The minimum atomic E-state index is -0.520. The van der Waals surface area contributed by atoms with Crippen molar-refractivity contribution >= 4 is 6.03 Å². The van der Waals surface area contributed by atoms with Crippen LogP contribution in [0.2, 0.25) is 0 Å². The van der Waals surface area contributed by atoms with Crippen molar-refractivity contribution in [1.82, 2.24) is 10.6 Å². The van der Waals surface area contributed by atoms with E-state index in [2.05, 4.69) is 17.6 Å². The molecule has 3 N–H and O–H groups in total. The molecule has 1 atom stereocenters. The van der Waals surface area contributed by atoms with Gasteiger partial charge in [-0.3, -0.25) is 0 Å². The van der Waals surface area contributed by atoms with Gasteiger partial charge < -0.3 is 15.7 Å². The van der Waals surface area contributed by atoms with Crippen LogP contribution in [0, 0.1) is 10.8 Å². The molecule has 4 nitrogen and oxygen atoms in total. The fourth-order valence-corrected chi connectivity index (χ4v) is 2.05. The van der Waals surface area contributed by atoms with Gasteiger partial charge >= 0.3 is 6.03 Å². The van der Waals surface area contributed by atoms with Crippen LogP contribution in [0.3, 0.4) is 0 Å². The Balaban J connectivity index is 2.19. The summed E-state index contributed by atoms with van der Waals surface area (Å²) in [4.78, 5) is 11.6. The van der Waals surface area contributed by atoms with Crippen LogP contribution in [0.5, 0.6) is 0 Å². The number of hydrogen-bond acceptors (Lipinski definition) is 2. The molecule has 0 heterocycles. The van der Waals surface area contributed by atoms with Crippen LogP contribution in [0.25, 0.3) is 0 Å². The summed E-state index contributed by atoms with van der Waals surface area (Å²) in [6.45, 7) is 9.11. The molecule has 0 aromatic heterocycles. The lowest BCUT2D eigenvalue weighted by Crippen LogP contribution is -2.44. The fraction of sp³-hybridized carbons (Fsp3) is 0.929. The van der Waals surface area contributed by atoms with Gasteiger partial charge in [0.15, 0.2) is 0 Å². The quantitative estimate of drug-likeness (QED) is 0.682. The molecule has 0 spiro atoms. The van der Waals surface area contributed by atoms with Gasteiger partial charge in [-0.25, -0.2) is 4.79 Å². The Morgan fingerprint density at radius 3 is 2.39 bits per heavy atom. The molecule has 0 saturated heterocycles. The molecule has 0 radical (unpaired) electrons. The first-order valence-corrected chi connectivity index (χ1v) is 6.99. The van der Waals surface area contributed by atoms with Crippen LogP contribution in [-0.2, 0) is 0 Å². The largest absolute Gasteiger partial charge is 0.391 e. The van der Waals surface area contributed by atoms with Gasteiger partial charge in [0.2, 0.25) is 0 Å². The minimum absolute atomic E-state index is 0.166. The summed E-state index contributed by atoms with van der Waals surface area (Å²) < 4.78 is 0. The van der Waals surface area contributed by atoms with Crippen LogP contribution in [-0.4, -0.2) is 30.3 Å². The SMILES string of the molecule is CCCC1(CNC(=O)NCC(O)C(C)(C)C)CC1. The van der Waals surface area contributed by atoms with Crippen LogP contribution in [0.4, 0.5) is 4.79 Å². The van der Waals surface area contributed by atoms with E-state index in [1.165, 1.54) is 25.7 Å². The summed E-state index contributed by atoms with van der Waals surface area (Å²) in [5.41, 5.74) is 0.169. The van der Waals surface area contributed by atoms with Crippen molar-refractivity contribution in [3.8, 4) is 0 Å². The van der Waals surface area contributed by atoms with Crippen molar-refractivity contribution in [2.45, 2.75) is 59.5 Å². The number of carbonyl (C=O) groups excluding carboxylic acids is 1. The van der Waals surface area contributed by atoms with Gasteiger partial charge in [-0.05, 0) is 30.1 Å². The summed E-state index contributed by atoms with van der Waals surface area (Å²) in [5, 5.41) is 15.5. The molecular formula is C14H28N2O2. The first-order chi connectivity index (χ1) is 8.29. The predicted octanol–water partition coefficient (Wildman–Crippen LogP) is 2.27. The monoisotopic (exact) mass is 256 g/mol. The van der Waals surface area contributed by atoms with Crippen molar-refractivity contribution in [3.05, 3.63) is 0 Å². The number of amides is 2. The van der Waals surface area contributed by atoms with E-state index in [0.717, 1.165) is 6.54 Å². The third-order valence-electron chi connectivity index (χ3n) is 3.82. The van der Waals surface area contributed by atoms with Crippen molar-refractivity contribution in [1.29, 1.82) is 0 Å². The highest BCUT2D eigenvalue weighted by Gasteiger charge is 2.41. The Morgan fingerprint density at radius 2 is 1.94 bits per heavy atom. The Morgan fingerprint density at radius 1 is 1.33 bits per heavy atom. The van der Waals surface area contributed by atoms with Crippen LogP contribution in [0.15, 0.2) is 0 Å². The minimum Gasteiger partial charge on any atom is -0.391 e. The zero-order valence-corrected chi connectivity index (χ0v) is 12.2. The first-order valence-electron chi connectivity index (χ1n) is 6.99. The molecule has 1 aliphatic rings. The first kappa shape index (κ1) is 15.3. The van der Waals surface area contributed by atoms with E-state index in [1.54, 1.807) is 0 Å². The molecule has 1 aliphatic carbocycles. The predicted molar refractivity (Wildman–Crippen MR) is 73.4 cm³/mol. The second kappa shape index (κ2) is 5.91. The smallest absolute Gasteiger partial charge is 0.314 e. The van der Waals surface area contributed by atoms with E-state index in [-0.39, 0.29) is 11.4 Å². The van der Waals surface area contributed by atoms with E-state index in [4.69, 9.17) is 0 Å². The van der Waals surface area contributed by atoms with Gasteiger partial charge in [0.25, 0.3) is 0 Å². The molecule has 0 bridgehead atoms. The van der Waals surface area contributed by atoms with E-state index in [0.29, 0.717) is 12.0 Å². The highest BCUT2D eigenvalue weighted by atomic mass is 16.3. The van der Waals surface area contributed by atoms with E-state index in [1.807, 2.05) is 20.8 Å². The molecule has 1 fully saturated rings. The number of aliphatic hydroxyl groups is 1. The van der Waals surface area contributed by atoms with Gasteiger partial charge in [-0.15, -0.1) is 0 Å². The fourth-order valence-electron chi connectivity index (χ4n) is 2.05. The molecule has 0 aromatic rings. The maximum absolute atomic E-state index is 11.6. The number of nitrogens with one attached hydrogen (secondary N) is 2. The molecule has 18 heavy (non-hydrogen) atoms. The highest BCUT2D eigenvalue weighted by molar-refractivity contribution is 5.73. The van der Waals surface area contributed by atoms with E-state index >= 15 is 0 Å². The van der Waals surface area contributed by atoms with Crippen molar-refractivity contribution in [3.63, 3.8) is 0 Å². The summed E-state index contributed by atoms with van der Waals surface area (Å²) in [5.74, 6) is 0. The Bertz CT molecular complexity index is 280. The number of rotatable bonds is 6. The van der Waals surface area contributed by atoms with Gasteiger partial charge in [-0.1, -0.05) is 34.1 Å². The summed E-state index contributed by atoms with van der Waals surface area (Å²) in [6, 6.07) is -0.166. The molecular weight excluding hydrogens is 228 g/mol. The number of carbonyl (C=O) groups is 1. The van der Waals surface area contributed by atoms with Crippen LogP contribution in [0.1, 0.15) is 53.4 Å². The standard InChI is InChI=1S/C14H28N2O2/c1-5-6-14(7-8-14)10-16-12(18)15-9-11(17)13(2,3)4/h11,17H,5-10H2,1-4H3,(H2,15,16,18). The Labute approximate surface area is 111 Å². The third kappa shape index (κ3) is 4.84.